The summed E-state index contributed by atoms with van der Waals surface area (Å²) in [5.41, 5.74) is -0.0251. The molecule has 0 aromatic carbocycles. The van der Waals surface area contributed by atoms with Gasteiger partial charge in [0.2, 0.25) is 0 Å². The van der Waals surface area contributed by atoms with Gasteiger partial charge >= 0.3 is 18.4 Å². The van der Waals surface area contributed by atoms with E-state index in [9.17, 15) is 14.4 Å². The van der Waals surface area contributed by atoms with Gasteiger partial charge in [-0.05, 0) is 86.6 Å². The number of aromatic nitrogens is 4. The van der Waals surface area contributed by atoms with E-state index in [1.165, 1.54) is 9.95 Å². The van der Waals surface area contributed by atoms with Crippen LogP contribution in [0.25, 0.3) is 21.8 Å². The molecule has 4 aromatic heterocycles. The fourth-order valence-corrected chi connectivity index (χ4v) is 2.95. The zero-order chi connectivity index (χ0) is 30.1. The van der Waals surface area contributed by atoms with Crippen molar-refractivity contribution in [2.45, 2.75) is 79.1 Å². The van der Waals surface area contributed by atoms with Crippen molar-refractivity contribution in [1.82, 2.24) is 19.5 Å². The van der Waals surface area contributed by atoms with Gasteiger partial charge in [-0.15, -0.1) is 0 Å². The SMILES string of the molecule is CC(C)(C)OC(=O)OC(=O)OC(C)(C)C.CC(C)(C)OC(=O)n1ccc2ccncc21.c1cc2cc[nH]c2cn1. The number of ether oxygens (including phenoxy) is 4. The average molecular weight is 555 g/mol. The lowest BCUT2D eigenvalue weighted by atomic mass is 10.2. The Kier molecular flexibility index (Phi) is 10.4. The fraction of sp³-hybridized carbons (Fsp3) is 0.414. The van der Waals surface area contributed by atoms with Gasteiger partial charge in [-0.25, -0.2) is 14.4 Å². The Labute approximate surface area is 233 Å². The predicted molar refractivity (Wildman–Crippen MR) is 151 cm³/mol. The van der Waals surface area contributed by atoms with Crippen LogP contribution >= 0.6 is 0 Å². The number of carbonyl (C=O) groups excluding carboxylic acids is 3. The van der Waals surface area contributed by atoms with Gasteiger partial charge in [0, 0.05) is 35.6 Å². The smallest absolute Gasteiger partial charge is 0.443 e. The normalized spacial score (nSPS) is 11.4. The fourth-order valence-electron chi connectivity index (χ4n) is 2.95. The molecule has 4 heterocycles. The maximum Gasteiger partial charge on any atom is 0.519 e. The van der Waals surface area contributed by atoms with E-state index < -0.39 is 29.1 Å². The van der Waals surface area contributed by atoms with Crippen LogP contribution in [0, 0.1) is 0 Å². The highest BCUT2D eigenvalue weighted by molar-refractivity contribution is 5.88. The number of H-pyrrole nitrogens is 1. The standard InChI is InChI=1S/C12H14N2O2.C10H18O5.C7H6N2/c1-12(2,3)16-11(15)14-7-5-9-4-6-13-8-10(9)14;1-9(2,3)14-7(11)13-8(12)15-10(4,5)6;1-3-8-5-7-6(1)2-4-9-7/h4-8H,1-3H3;1-6H3;1-5,9H. The van der Waals surface area contributed by atoms with E-state index in [0.29, 0.717) is 0 Å². The second kappa shape index (κ2) is 13.1. The van der Waals surface area contributed by atoms with Crippen LogP contribution in [0.1, 0.15) is 62.3 Å². The molecule has 0 spiro atoms. The molecule has 0 aliphatic rings. The number of fused-ring (bicyclic) bond motifs is 2. The number of carbonyl (C=O) groups is 3. The van der Waals surface area contributed by atoms with E-state index in [1.807, 2.05) is 57.4 Å². The van der Waals surface area contributed by atoms with Crippen molar-refractivity contribution in [1.29, 1.82) is 0 Å². The van der Waals surface area contributed by atoms with Crippen molar-refractivity contribution in [3.63, 3.8) is 0 Å². The van der Waals surface area contributed by atoms with Crippen molar-refractivity contribution in [2.75, 3.05) is 0 Å². The summed E-state index contributed by atoms with van der Waals surface area (Å²) >= 11 is 0. The third-order valence-corrected chi connectivity index (χ3v) is 4.39. The second-order valence-electron chi connectivity index (χ2n) is 11.6. The lowest BCUT2D eigenvalue weighted by Gasteiger charge is -2.20. The first kappa shape index (κ1) is 31.8. The maximum absolute atomic E-state index is 11.8. The van der Waals surface area contributed by atoms with Crippen molar-refractivity contribution >= 4 is 40.2 Å². The minimum atomic E-state index is -1.06. The van der Waals surface area contributed by atoms with Gasteiger partial charge in [0.1, 0.15) is 16.8 Å². The largest absolute Gasteiger partial charge is 0.519 e. The Balaban J connectivity index is 0.000000217. The molecule has 11 heteroatoms. The summed E-state index contributed by atoms with van der Waals surface area (Å²) in [5.74, 6) is 0. The molecule has 0 radical (unpaired) electrons. The maximum atomic E-state index is 11.8. The van der Waals surface area contributed by atoms with Gasteiger partial charge in [-0.1, -0.05) is 0 Å². The zero-order valence-electron chi connectivity index (χ0n) is 24.5. The topological polar surface area (TPSA) is 135 Å². The molecule has 0 unspecified atom stereocenters. The summed E-state index contributed by atoms with van der Waals surface area (Å²) in [6, 6.07) is 7.72. The van der Waals surface area contributed by atoms with Crippen LogP contribution in [0.3, 0.4) is 0 Å². The number of hydrogen-bond donors (Lipinski definition) is 1. The van der Waals surface area contributed by atoms with Crippen LogP contribution in [0.5, 0.6) is 0 Å². The number of nitrogens with zero attached hydrogens (tertiary/aromatic N) is 3. The highest BCUT2D eigenvalue weighted by Crippen LogP contribution is 2.17. The van der Waals surface area contributed by atoms with E-state index in [0.717, 1.165) is 16.4 Å². The van der Waals surface area contributed by atoms with Gasteiger partial charge in [-0.3, -0.25) is 14.5 Å². The molecule has 0 fully saturated rings. The summed E-state index contributed by atoms with van der Waals surface area (Å²) in [6.45, 7) is 15.5. The van der Waals surface area contributed by atoms with E-state index in [-0.39, 0.29) is 6.09 Å². The molecule has 11 nitrogen and oxygen atoms in total. The lowest BCUT2D eigenvalue weighted by Crippen LogP contribution is -2.29. The second-order valence-corrected chi connectivity index (χ2v) is 11.6. The predicted octanol–water partition coefficient (Wildman–Crippen LogP) is 7.26. The molecule has 4 rings (SSSR count). The number of aromatic amines is 1. The first-order chi connectivity index (χ1) is 18.4. The lowest BCUT2D eigenvalue weighted by molar-refractivity contribution is -0.0294. The number of rotatable bonds is 0. The van der Waals surface area contributed by atoms with Crippen molar-refractivity contribution in [3.8, 4) is 0 Å². The molecule has 0 amide bonds. The van der Waals surface area contributed by atoms with Crippen LogP contribution < -0.4 is 0 Å². The number of pyridine rings is 2. The van der Waals surface area contributed by atoms with Gasteiger partial charge in [0.15, 0.2) is 0 Å². The highest BCUT2D eigenvalue weighted by atomic mass is 16.8. The van der Waals surface area contributed by atoms with Gasteiger partial charge in [0.25, 0.3) is 0 Å². The molecule has 0 saturated carbocycles. The van der Waals surface area contributed by atoms with Gasteiger partial charge in [0.05, 0.1) is 23.4 Å². The molecule has 0 aliphatic carbocycles. The van der Waals surface area contributed by atoms with Gasteiger partial charge in [-0.2, -0.15) is 0 Å². The third kappa shape index (κ3) is 11.5. The first-order valence-corrected chi connectivity index (χ1v) is 12.6. The van der Waals surface area contributed by atoms with Crippen molar-refractivity contribution < 1.29 is 33.3 Å². The summed E-state index contributed by atoms with van der Waals surface area (Å²) in [6.07, 6.45) is 8.06. The average Bonchev–Trinajstić information content (AvgIpc) is 3.43. The van der Waals surface area contributed by atoms with Crippen molar-refractivity contribution in [3.05, 3.63) is 61.4 Å². The van der Waals surface area contributed by atoms with E-state index in [4.69, 9.17) is 14.2 Å². The Morgan fingerprint density at radius 2 is 1.23 bits per heavy atom. The number of nitrogens with one attached hydrogen (secondary N) is 1. The summed E-state index contributed by atoms with van der Waals surface area (Å²) < 4.78 is 20.6. The summed E-state index contributed by atoms with van der Waals surface area (Å²) in [4.78, 5) is 44.9. The van der Waals surface area contributed by atoms with Crippen LogP contribution in [-0.4, -0.2) is 54.7 Å². The minimum Gasteiger partial charge on any atom is -0.443 e. The zero-order valence-corrected chi connectivity index (χ0v) is 24.5. The molecule has 1 N–H and O–H groups in total. The van der Waals surface area contributed by atoms with Crippen LogP contribution in [0.2, 0.25) is 0 Å². The first-order valence-electron chi connectivity index (χ1n) is 12.6. The molecule has 0 saturated heterocycles. The molecular weight excluding hydrogens is 516 g/mol. The number of hydrogen-bond acceptors (Lipinski definition) is 9. The van der Waals surface area contributed by atoms with Gasteiger partial charge < -0.3 is 23.9 Å². The summed E-state index contributed by atoms with van der Waals surface area (Å²) in [7, 11) is 0. The molecule has 216 valence electrons. The van der Waals surface area contributed by atoms with Crippen LogP contribution in [0.4, 0.5) is 14.4 Å². The quantitative estimate of drug-likeness (QED) is 0.135. The Bertz CT molecular complexity index is 1360. The molecular formula is C29H38N4O7. The third-order valence-electron chi connectivity index (χ3n) is 4.39. The van der Waals surface area contributed by atoms with Crippen LogP contribution in [0.15, 0.2) is 61.4 Å². The summed E-state index contributed by atoms with van der Waals surface area (Å²) in [5, 5.41) is 2.19. The van der Waals surface area contributed by atoms with E-state index in [2.05, 4.69) is 19.7 Å². The highest BCUT2D eigenvalue weighted by Gasteiger charge is 2.24. The molecule has 40 heavy (non-hydrogen) atoms. The van der Waals surface area contributed by atoms with E-state index >= 15 is 0 Å². The van der Waals surface area contributed by atoms with Crippen molar-refractivity contribution in [2.24, 2.45) is 0 Å². The molecule has 4 aromatic rings. The molecule has 0 bridgehead atoms. The monoisotopic (exact) mass is 554 g/mol. The Morgan fingerprint density at radius 1 is 0.700 bits per heavy atom. The van der Waals surface area contributed by atoms with Crippen LogP contribution in [-0.2, 0) is 18.9 Å². The Morgan fingerprint density at radius 3 is 1.75 bits per heavy atom. The molecule has 0 atom stereocenters. The van der Waals surface area contributed by atoms with E-state index in [1.54, 1.807) is 66.3 Å². The molecule has 0 aliphatic heterocycles. The minimum absolute atomic E-state index is 0.379. The Hall–Kier alpha value is -4.41.